The zero-order chi connectivity index (χ0) is 14.4. The van der Waals surface area contributed by atoms with Gasteiger partial charge in [-0.15, -0.1) is 0 Å². The molecule has 0 heterocycles. The molecule has 1 aliphatic rings. The average Bonchev–Trinajstić information content (AvgIpc) is 2.48. The van der Waals surface area contributed by atoms with Crippen molar-refractivity contribution >= 4 is 5.91 Å². The van der Waals surface area contributed by atoms with E-state index >= 15 is 0 Å². The first-order valence-corrected chi connectivity index (χ1v) is 7.56. The van der Waals surface area contributed by atoms with Crippen LogP contribution in [0.25, 0.3) is 0 Å². The Morgan fingerprint density at radius 3 is 2.65 bits per heavy atom. The SMILES string of the molecule is COc1ccccc1CC(=O)N(C)CC1CCCCC1. The van der Waals surface area contributed by atoms with Gasteiger partial charge in [0.05, 0.1) is 13.5 Å². The van der Waals surface area contributed by atoms with Crippen LogP contribution in [0.4, 0.5) is 0 Å². The molecule has 1 saturated carbocycles. The molecule has 0 bridgehead atoms. The second-order valence-corrected chi connectivity index (χ2v) is 5.77. The summed E-state index contributed by atoms with van der Waals surface area (Å²) >= 11 is 0. The molecule has 2 rings (SSSR count). The van der Waals surface area contributed by atoms with Gasteiger partial charge in [-0.3, -0.25) is 4.79 Å². The molecule has 0 radical (unpaired) electrons. The van der Waals surface area contributed by atoms with E-state index in [0.717, 1.165) is 17.9 Å². The molecule has 0 aliphatic heterocycles. The van der Waals surface area contributed by atoms with E-state index in [0.29, 0.717) is 12.3 Å². The van der Waals surface area contributed by atoms with Crippen LogP contribution in [0.3, 0.4) is 0 Å². The van der Waals surface area contributed by atoms with E-state index in [1.807, 2.05) is 36.2 Å². The fraction of sp³-hybridized carbons (Fsp3) is 0.588. The molecule has 3 heteroatoms. The van der Waals surface area contributed by atoms with E-state index in [1.54, 1.807) is 7.11 Å². The first-order chi connectivity index (χ1) is 9.70. The summed E-state index contributed by atoms with van der Waals surface area (Å²) in [7, 11) is 3.57. The van der Waals surface area contributed by atoms with E-state index in [4.69, 9.17) is 4.74 Å². The van der Waals surface area contributed by atoms with Crippen LogP contribution in [0, 0.1) is 5.92 Å². The molecule has 1 aromatic carbocycles. The topological polar surface area (TPSA) is 29.5 Å². The molecule has 0 N–H and O–H groups in total. The van der Waals surface area contributed by atoms with Gasteiger partial charge in [-0.05, 0) is 24.8 Å². The standard InChI is InChI=1S/C17H25NO2/c1-18(13-14-8-4-3-5-9-14)17(19)12-15-10-6-7-11-16(15)20-2/h6-7,10-11,14H,3-5,8-9,12-13H2,1-2H3. The minimum Gasteiger partial charge on any atom is -0.496 e. The monoisotopic (exact) mass is 275 g/mol. The first kappa shape index (κ1) is 14.9. The molecule has 0 atom stereocenters. The van der Waals surface area contributed by atoms with Gasteiger partial charge in [-0.25, -0.2) is 0 Å². The molecule has 1 aliphatic carbocycles. The van der Waals surface area contributed by atoms with Crippen molar-refractivity contribution in [2.45, 2.75) is 38.5 Å². The molecule has 1 aromatic rings. The highest BCUT2D eigenvalue weighted by Crippen LogP contribution is 2.24. The Balaban J connectivity index is 1.90. The van der Waals surface area contributed by atoms with Crippen LogP contribution in [-0.2, 0) is 11.2 Å². The van der Waals surface area contributed by atoms with Crippen LogP contribution < -0.4 is 4.74 Å². The summed E-state index contributed by atoms with van der Waals surface area (Å²) in [5.74, 6) is 1.67. The van der Waals surface area contributed by atoms with Gasteiger partial charge in [0.15, 0.2) is 0 Å². The second kappa shape index (κ2) is 7.32. The predicted molar refractivity (Wildman–Crippen MR) is 80.9 cm³/mol. The van der Waals surface area contributed by atoms with Crippen LogP contribution in [0.1, 0.15) is 37.7 Å². The number of ether oxygens (including phenoxy) is 1. The number of nitrogens with zero attached hydrogens (tertiary/aromatic N) is 1. The molecule has 20 heavy (non-hydrogen) atoms. The number of rotatable bonds is 5. The summed E-state index contributed by atoms with van der Waals surface area (Å²) in [4.78, 5) is 14.2. The molecule has 0 saturated heterocycles. The smallest absolute Gasteiger partial charge is 0.226 e. The number of benzene rings is 1. The van der Waals surface area contributed by atoms with Crippen molar-refractivity contribution in [2.24, 2.45) is 5.92 Å². The van der Waals surface area contributed by atoms with Crippen LogP contribution in [-0.4, -0.2) is 31.5 Å². The van der Waals surface area contributed by atoms with Crippen molar-refractivity contribution < 1.29 is 9.53 Å². The molecule has 3 nitrogen and oxygen atoms in total. The van der Waals surface area contributed by atoms with E-state index < -0.39 is 0 Å². The highest BCUT2D eigenvalue weighted by atomic mass is 16.5. The lowest BCUT2D eigenvalue weighted by Crippen LogP contribution is -2.33. The minimum absolute atomic E-state index is 0.181. The van der Waals surface area contributed by atoms with Gasteiger partial charge in [0.2, 0.25) is 5.91 Å². The van der Waals surface area contributed by atoms with Crippen molar-refractivity contribution in [1.82, 2.24) is 4.90 Å². The lowest BCUT2D eigenvalue weighted by Gasteiger charge is -2.27. The number of hydrogen-bond donors (Lipinski definition) is 0. The molecule has 110 valence electrons. The zero-order valence-electron chi connectivity index (χ0n) is 12.6. The Kier molecular flexibility index (Phi) is 5.45. The summed E-state index contributed by atoms with van der Waals surface area (Å²) in [5, 5.41) is 0. The molecule has 0 aromatic heterocycles. The third-order valence-corrected chi connectivity index (χ3v) is 4.22. The average molecular weight is 275 g/mol. The summed E-state index contributed by atoms with van der Waals surface area (Å²) in [5.41, 5.74) is 0.968. The molecule has 0 spiro atoms. The van der Waals surface area contributed by atoms with Gasteiger partial charge in [0.1, 0.15) is 5.75 Å². The number of hydrogen-bond acceptors (Lipinski definition) is 2. The van der Waals surface area contributed by atoms with Crippen molar-refractivity contribution in [2.75, 3.05) is 20.7 Å². The van der Waals surface area contributed by atoms with Gasteiger partial charge in [0.25, 0.3) is 0 Å². The number of likely N-dealkylation sites (N-methyl/N-ethyl adjacent to an activating group) is 1. The Hall–Kier alpha value is -1.51. The van der Waals surface area contributed by atoms with Gasteiger partial charge in [0, 0.05) is 19.2 Å². The Bertz CT molecular complexity index is 438. The number of methoxy groups -OCH3 is 1. The normalized spacial score (nSPS) is 15.9. The van der Waals surface area contributed by atoms with Gasteiger partial charge < -0.3 is 9.64 Å². The van der Waals surface area contributed by atoms with Gasteiger partial charge in [-0.1, -0.05) is 37.5 Å². The highest BCUT2D eigenvalue weighted by Gasteiger charge is 2.19. The third kappa shape index (κ3) is 3.99. The fourth-order valence-corrected chi connectivity index (χ4v) is 3.01. The lowest BCUT2D eigenvalue weighted by atomic mass is 9.89. The van der Waals surface area contributed by atoms with Gasteiger partial charge in [-0.2, -0.15) is 0 Å². The van der Waals surface area contributed by atoms with Crippen LogP contribution in [0.2, 0.25) is 0 Å². The van der Waals surface area contributed by atoms with E-state index in [2.05, 4.69) is 0 Å². The summed E-state index contributed by atoms with van der Waals surface area (Å²) in [6, 6.07) is 7.75. The maximum atomic E-state index is 12.3. The Labute approximate surface area is 121 Å². The van der Waals surface area contributed by atoms with E-state index in [-0.39, 0.29) is 5.91 Å². The largest absolute Gasteiger partial charge is 0.496 e. The lowest BCUT2D eigenvalue weighted by molar-refractivity contribution is -0.129. The Morgan fingerprint density at radius 1 is 1.25 bits per heavy atom. The third-order valence-electron chi connectivity index (χ3n) is 4.22. The number of amides is 1. The number of para-hydroxylation sites is 1. The number of carbonyl (C=O) groups is 1. The molecular formula is C17H25NO2. The second-order valence-electron chi connectivity index (χ2n) is 5.77. The van der Waals surface area contributed by atoms with Crippen molar-refractivity contribution in [3.63, 3.8) is 0 Å². The first-order valence-electron chi connectivity index (χ1n) is 7.56. The van der Waals surface area contributed by atoms with Gasteiger partial charge >= 0.3 is 0 Å². The van der Waals surface area contributed by atoms with Crippen LogP contribution in [0.15, 0.2) is 24.3 Å². The van der Waals surface area contributed by atoms with Crippen molar-refractivity contribution in [3.05, 3.63) is 29.8 Å². The van der Waals surface area contributed by atoms with Crippen LogP contribution in [0.5, 0.6) is 5.75 Å². The van der Waals surface area contributed by atoms with Crippen molar-refractivity contribution in [1.29, 1.82) is 0 Å². The Morgan fingerprint density at radius 2 is 1.95 bits per heavy atom. The fourth-order valence-electron chi connectivity index (χ4n) is 3.01. The van der Waals surface area contributed by atoms with E-state index in [1.165, 1.54) is 32.1 Å². The molecule has 1 amide bonds. The number of carbonyl (C=O) groups excluding carboxylic acids is 1. The molecule has 0 unspecified atom stereocenters. The molecule has 1 fully saturated rings. The van der Waals surface area contributed by atoms with Crippen molar-refractivity contribution in [3.8, 4) is 5.75 Å². The zero-order valence-corrected chi connectivity index (χ0v) is 12.6. The summed E-state index contributed by atoms with van der Waals surface area (Å²) < 4.78 is 5.31. The molecular weight excluding hydrogens is 250 g/mol. The summed E-state index contributed by atoms with van der Waals surface area (Å²) in [6.45, 7) is 0.897. The quantitative estimate of drug-likeness (QED) is 0.825. The maximum absolute atomic E-state index is 12.3. The van der Waals surface area contributed by atoms with E-state index in [9.17, 15) is 4.79 Å². The minimum atomic E-state index is 0.181. The maximum Gasteiger partial charge on any atom is 0.226 e. The highest BCUT2D eigenvalue weighted by molar-refractivity contribution is 5.79. The van der Waals surface area contributed by atoms with Crippen LogP contribution >= 0.6 is 0 Å². The summed E-state index contributed by atoms with van der Waals surface area (Å²) in [6.07, 6.45) is 6.96. The predicted octanol–water partition coefficient (Wildman–Crippen LogP) is 3.28.